The van der Waals surface area contributed by atoms with Crippen LogP contribution in [-0.4, -0.2) is 17.0 Å². The van der Waals surface area contributed by atoms with Crippen molar-refractivity contribution >= 4 is 5.91 Å². The van der Waals surface area contributed by atoms with Crippen molar-refractivity contribution in [2.24, 2.45) is 7.05 Å². The molecule has 1 amide bonds. The van der Waals surface area contributed by atoms with Crippen LogP contribution in [0.4, 0.5) is 0 Å². The number of aromatic nitrogens is 1. The Morgan fingerprint density at radius 3 is 2.47 bits per heavy atom. The molecule has 3 heteroatoms. The number of aryl methyl sites for hydroxylation is 1. The minimum atomic E-state index is 0.0112. The molecule has 0 aliphatic rings. The Hall–Kier alpha value is -2.03. The van der Waals surface area contributed by atoms with Crippen LogP contribution in [0.25, 0.3) is 0 Å². The molecule has 1 aromatic heterocycles. The molecule has 0 aliphatic carbocycles. The minimum absolute atomic E-state index is 0.0112. The van der Waals surface area contributed by atoms with Gasteiger partial charge in [-0.25, -0.2) is 0 Å². The van der Waals surface area contributed by atoms with Crippen LogP contribution in [-0.2, 0) is 13.5 Å². The average Bonchev–Trinajstić information content (AvgIpc) is 2.68. The minimum Gasteiger partial charge on any atom is -0.352 e. The SMILES string of the molecule is Cc1cc(C(=O)NCCc2ccccc2)c(C)n1C. The van der Waals surface area contributed by atoms with Crippen LogP contribution >= 0.6 is 0 Å². The first kappa shape index (κ1) is 13.4. The van der Waals surface area contributed by atoms with E-state index in [4.69, 9.17) is 0 Å². The molecule has 0 radical (unpaired) electrons. The van der Waals surface area contributed by atoms with Crippen LogP contribution in [0, 0.1) is 13.8 Å². The van der Waals surface area contributed by atoms with Gasteiger partial charge in [0.05, 0.1) is 5.56 Å². The molecule has 0 bridgehead atoms. The van der Waals surface area contributed by atoms with Gasteiger partial charge in [-0.15, -0.1) is 0 Å². The zero-order valence-corrected chi connectivity index (χ0v) is 11.7. The molecule has 1 aromatic carbocycles. The number of carbonyl (C=O) groups excluding carboxylic acids is 1. The molecule has 0 atom stereocenters. The average molecular weight is 256 g/mol. The van der Waals surface area contributed by atoms with E-state index in [-0.39, 0.29) is 5.91 Å². The van der Waals surface area contributed by atoms with Gasteiger partial charge in [0.25, 0.3) is 5.91 Å². The van der Waals surface area contributed by atoms with Gasteiger partial charge < -0.3 is 9.88 Å². The summed E-state index contributed by atoms with van der Waals surface area (Å²) in [7, 11) is 1.98. The molecule has 0 saturated heterocycles. The molecule has 0 aliphatic heterocycles. The Balaban J connectivity index is 1.93. The monoisotopic (exact) mass is 256 g/mol. The van der Waals surface area contributed by atoms with Crippen LogP contribution < -0.4 is 5.32 Å². The highest BCUT2D eigenvalue weighted by atomic mass is 16.1. The highest BCUT2D eigenvalue weighted by Gasteiger charge is 2.13. The largest absolute Gasteiger partial charge is 0.352 e. The van der Waals surface area contributed by atoms with Gasteiger partial charge in [-0.3, -0.25) is 4.79 Å². The maximum Gasteiger partial charge on any atom is 0.253 e. The van der Waals surface area contributed by atoms with Crippen molar-refractivity contribution in [1.29, 1.82) is 0 Å². The lowest BCUT2D eigenvalue weighted by Gasteiger charge is -2.05. The van der Waals surface area contributed by atoms with Gasteiger partial charge >= 0.3 is 0 Å². The molecule has 2 rings (SSSR count). The summed E-state index contributed by atoms with van der Waals surface area (Å²) in [5, 5.41) is 2.98. The maximum absolute atomic E-state index is 12.1. The number of hydrogen-bond acceptors (Lipinski definition) is 1. The van der Waals surface area contributed by atoms with Gasteiger partial charge in [0.2, 0.25) is 0 Å². The number of amides is 1. The fourth-order valence-corrected chi connectivity index (χ4v) is 2.15. The number of nitrogens with zero attached hydrogens (tertiary/aromatic N) is 1. The number of carbonyl (C=O) groups is 1. The second kappa shape index (κ2) is 5.74. The normalized spacial score (nSPS) is 10.5. The first-order valence-corrected chi connectivity index (χ1v) is 6.54. The summed E-state index contributed by atoms with van der Waals surface area (Å²) >= 11 is 0. The number of nitrogens with one attached hydrogen (secondary N) is 1. The van der Waals surface area contributed by atoms with E-state index in [9.17, 15) is 4.79 Å². The molecule has 0 saturated carbocycles. The van der Waals surface area contributed by atoms with E-state index in [2.05, 4.69) is 17.4 Å². The van der Waals surface area contributed by atoms with Crippen LogP contribution in [0.3, 0.4) is 0 Å². The van der Waals surface area contributed by atoms with Crippen LogP contribution in [0.15, 0.2) is 36.4 Å². The van der Waals surface area contributed by atoms with Crippen molar-refractivity contribution in [2.75, 3.05) is 6.54 Å². The predicted molar refractivity (Wildman–Crippen MR) is 77.4 cm³/mol. The van der Waals surface area contributed by atoms with Crippen molar-refractivity contribution in [3.8, 4) is 0 Å². The van der Waals surface area contributed by atoms with Crippen molar-refractivity contribution in [3.63, 3.8) is 0 Å². The summed E-state index contributed by atoms with van der Waals surface area (Å²) in [6, 6.07) is 12.1. The second-order valence-electron chi connectivity index (χ2n) is 4.84. The molecular weight excluding hydrogens is 236 g/mol. The fraction of sp³-hybridized carbons (Fsp3) is 0.312. The van der Waals surface area contributed by atoms with Gasteiger partial charge in [0.15, 0.2) is 0 Å². The van der Waals surface area contributed by atoms with Crippen LogP contribution in [0.1, 0.15) is 27.3 Å². The predicted octanol–water partition coefficient (Wildman–Crippen LogP) is 2.61. The third-order valence-electron chi connectivity index (χ3n) is 3.56. The Labute approximate surface area is 114 Å². The quantitative estimate of drug-likeness (QED) is 0.896. The number of benzene rings is 1. The first-order chi connectivity index (χ1) is 9.09. The van der Waals surface area contributed by atoms with Gasteiger partial charge in [0.1, 0.15) is 0 Å². The van der Waals surface area contributed by atoms with Crippen LogP contribution in [0.5, 0.6) is 0 Å². The topological polar surface area (TPSA) is 34.0 Å². The van der Waals surface area contributed by atoms with Gasteiger partial charge in [-0.1, -0.05) is 30.3 Å². The Kier molecular flexibility index (Phi) is 4.05. The summed E-state index contributed by atoms with van der Waals surface area (Å²) in [4.78, 5) is 12.1. The lowest BCUT2D eigenvalue weighted by molar-refractivity contribution is 0.0953. The lowest BCUT2D eigenvalue weighted by atomic mass is 10.1. The second-order valence-corrected chi connectivity index (χ2v) is 4.84. The maximum atomic E-state index is 12.1. The Morgan fingerprint density at radius 1 is 1.21 bits per heavy atom. The molecular formula is C16H20N2O. The van der Waals surface area contributed by atoms with Crippen molar-refractivity contribution in [3.05, 3.63) is 58.9 Å². The summed E-state index contributed by atoms with van der Waals surface area (Å²) in [5.41, 5.74) is 4.12. The fourth-order valence-electron chi connectivity index (χ4n) is 2.15. The third kappa shape index (κ3) is 3.05. The summed E-state index contributed by atoms with van der Waals surface area (Å²) < 4.78 is 2.03. The standard InChI is InChI=1S/C16H20N2O/c1-12-11-15(13(2)18(12)3)16(19)17-10-9-14-7-5-4-6-8-14/h4-8,11H,9-10H2,1-3H3,(H,17,19). The molecule has 0 spiro atoms. The molecule has 1 heterocycles. The van der Waals surface area contributed by atoms with Crippen LogP contribution in [0.2, 0.25) is 0 Å². The van der Waals surface area contributed by atoms with E-state index in [1.807, 2.05) is 49.7 Å². The molecule has 3 nitrogen and oxygen atoms in total. The third-order valence-corrected chi connectivity index (χ3v) is 3.56. The van der Waals surface area contributed by atoms with E-state index < -0.39 is 0 Å². The van der Waals surface area contributed by atoms with E-state index in [1.54, 1.807) is 0 Å². The van der Waals surface area contributed by atoms with Gasteiger partial charge in [-0.2, -0.15) is 0 Å². The lowest BCUT2D eigenvalue weighted by Crippen LogP contribution is -2.26. The molecule has 100 valence electrons. The van der Waals surface area contributed by atoms with Crippen molar-refractivity contribution in [2.45, 2.75) is 20.3 Å². The number of hydrogen-bond donors (Lipinski definition) is 1. The van der Waals surface area contributed by atoms with E-state index in [0.29, 0.717) is 6.54 Å². The molecule has 2 aromatic rings. The summed E-state index contributed by atoms with van der Waals surface area (Å²) in [5.74, 6) is 0.0112. The Morgan fingerprint density at radius 2 is 1.89 bits per heavy atom. The van der Waals surface area contributed by atoms with Crippen molar-refractivity contribution < 1.29 is 4.79 Å². The molecule has 0 unspecified atom stereocenters. The van der Waals surface area contributed by atoms with E-state index in [1.165, 1.54) is 5.56 Å². The highest BCUT2D eigenvalue weighted by molar-refractivity contribution is 5.95. The van der Waals surface area contributed by atoms with Gasteiger partial charge in [-0.05, 0) is 31.9 Å². The van der Waals surface area contributed by atoms with E-state index >= 15 is 0 Å². The Bertz CT molecular complexity index is 570. The summed E-state index contributed by atoms with van der Waals surface area (Å²) in [6.45, 7) is 4.64. The highest BCUT2D eigenvalue weighted by Crippen LogP contribution is 2.12. The smallest absolute Gasteiger partial charge is 0.253 e. The van der Waals surface area contributed by atoms with Gasteiger partial charge in [0, 0.05) is 25.0 Å². The number of rotatable bonds is 4. The van der Waals surface area contributed by atoms with E-state index in [0.717, 1.165) is 23.4 Å². The molecule has 1 N–H and O–H groups in total. The van der Waals surface area contributed by atoms with Crippen molar-refractivity contribution in [1.82, 2.24) is 9.88 Å². The molecule has 19 heavy (non-hydrogen) atoms. The first-order valence-electron chi connectivity index (χ1n) is 6.54. The molecule has 0 fully saturated rings. The zero-order valence-electron chi connectivity index (χ0n) is 11.7. The summed E-state index contributed by atoms with van der Waals surface area (Å²) in [6.07, 6.45) is 0.859. The zero-order chi connectivity index (χ0) is 13.8.